The predicted octanol–water partition coefficient (Wildman–Crippen LogP) is 25.5. The number of para-hydroxylation sites is 3. The molecule has 0 amide bonds. The van der Waals surface area contributed by atoms with Gasteiger partial charge in [0.25, 0.3) is 0 Å². The van der Waals surface area contributed by atoms with E-state index in [2.05, 4.69) is 360 Å². The van der Waals surface area contributed by atoms with E-state index in [0.717, 1.165) is 146 Å². The Bertz CT molecular complexity index is 6510. The molecular weight excluding hydrogens is 1280 g/mol. The van der Waals surface area contributed by atoms with Gasteiger partial charge in [0.1, 0.15) is 0 Å². The monoisotopic (exact) mass is 1340 g/mol. The zero-order valence-corrected chi connectivity index (χ0v) is 57.5. The first-order valence-corrected chi connectivity index (χ1v) is 36.2. The first kappa shape index (κ1) is 61.3. The Morgan fingerprint density at radius 3 is 1.74 bits per heavy atom. The second-order valence-corrected chi connectivity index (χ2v) is 27.5. The van der Waals surface area contributed by atoms with Crippen molar-refractivity contribution in [2.45, 2.75) is 18.8 Å². The molecule has 1 aliphatic carbocycles. The lowest BCUT2D eigenvalue weighted by molar-refractivity contribution is 0.850. The lowest BCUT2D eigenvalue weighted by atomic mass is 9.89. The molecule has 0 saturated carbocycles. The second-order valence-electron chi connectivity index (χ2n) is 27.5. The largest absolute Gasteiger partial charge is 0.336 e. The minimum atomic E-state index is 0.201. The third-order valence-corrected chi connectivity index (χ3v) is 21.5. The SMILES string of the molecule is C1=CC(c2ccc(-c3c4ccccc4nc4c3ccc3c(-c5ccc6c(-c7cccc(N(c8ccc(-c9ccccc9)cc8)c8ccc(-c9ccccc9)cc8)c7)c7ccc8cccnc8c7nc6c5)ccnc34)cc2)CC=C1n1c2ccccc2c2ccc3c(c21)N(c1ccccc1)C/C=C\C=C/C3. The smallest absolute Gasteiger partial charge is 0.0978 e. The molecule has 0 spiro atoms. The molecule has 494 valence electrons. The molecule has 1 unspecified atom stereocenters. The summed E-state index contributed by atoms with van der Waals surface area (Å²) in [5.74, 6) is 0.201. The molecule has 20 rings (SSSR count). The Labute approximate surface area is 608 Å². The maximum absolute atomic E-state index is 5.59. The minimum absolute atomic E-state index is 0.201. The van der Waals surface area contributed by atoms with Crippen molar-refractivity contribution in [2.24, 2.45) is 0 Å². The van der Waals surface area contributed by atoms with Crippen molar-refractivity contribution < 1.29 is 0 Å². The van der Waals surface area contributed by atoms with Crippen molar-refractivity contribution in [1.29, 1.82) is 0 Å². The lowest BCUT2D eigenvalue weighted by Crippen LogP contribution is -2.19. The Kier molecular flexibility index (Phi) is 15.0. The summed E-state index contributed by atoms with van der Waals surface area (Å²) in [4.78, 5) is 26.1. The Balaban J connectivity index is 0.659. The predicted molar refractivity (Wildman–Crippen MR) is 440 cm³/mol. The van der Waals surface area contributed by atoms with Crippen molar-refractivity contribution in [3.05, 3.63) is 375 Å². The van der Waals surface area contributed by atoms with Crippen LogP contribution < -0.4 is 9.80 Å². The van der Waals surface area contributed by atoms with Gasteiger partial charge in [-0.2, -0.15) is 0 Å². The highest BCUT2D eigenvalue weighted by Crippen LogP contribution is 2.48. The van der Waals surface area contributed by atoms with Gasteiger partial charge in [0, 0.05) is 108 Å². The summed E-state index contributed by atoms with van der Waals surface area (Å²) in [6.45, 7) is 0.759. The number of hydrogen-bond donors (Lipinski definition) is 0. The first-order chi connectivity index (χ1) is 52.1. The average molecular weight is 1340 g/mol. The number of hydrogen-bond acceptors (Lipinski definition) is 6. The molecule has 0 fully saturated rings. The summed E-state index contributed by atoms with van der Waals surface area (Å²) >= 11 is 0. The highest BCUT2D eigenvalue weighted by Gasteiger charge is 2.26. The third-order valence-electron chi connectivity index (χ3n) is 21.5. The van der Waals surface area contributed by atoms with Crippen LogP contribution in [0, 0.1) is 0 Å². The van der Waals surface area contributed by atoms with E-state index < -0.39 is 0 Å². The lowest BCUT2D eigenvalue weighted by Gasteiger charge is -2.28. The van der Waals surface area contributed by atoms with E-state index in [1.165, 1.54) is 61.1 Å². The fraction of sp³-hybridized carbons (Fsp3) is 0.0408. The van der Waals surface area contributed by atoms with Crippen LogP contribution in [-0.4, -0.2) is 31.0 Å². The second kappa shape index (κ2) is 25.8. The van der Waals surface area contributed by atoms with Gasteiger partial charge >= 0.3 is 0 Å². The van der Waals surface area contributed by atoms with Gasteiger partial charge in [0.2, 0.25) is 0 Å². The molecule has 13 aromatic carbocycles. The van der Waals surface area contributed by atoms with Crippen LogP contribution in [0.4, 0.5) is 28.4 Å². The average Bonchev–Trinajstić information content (AvgIpc) is 1.68. The molecule has 7 heteroatoms. The van der Waals surface area contributed by atoms with E-state index in [-0.39, 0.29) is 5.92 Å². The summed E-state index contributed by atoms with van der Waals surface area (Å²) in [5.41, 5.74) is 28.3. The summed E-state index contributed by atoms with van der Waals surface area (Å²) in [6, 6.07) is 112. The number of benzene rings is 13. The molecule has 18 aromatic rings. The van der Waals surface area contributed by atoms with Crippen LogP contribution in [0.3, 0.4) is 0 Å². The summed E-state index contributed by atoms with van der Waals surface area (Å²) in [7, 11) is 0. The van der Waals surface area contributed by atoms with Gasteiger partial charge in [0.05, 0.1) is 49.8 Å². The number of anilines is 5. The van der Waals surface area contributed by atoms with Crippen LogP contribution in [0.15, 0.2) is 364 Å². The summed E-state index contributed by atoms with van der Waals surface area (Å²) in [6.07, 6.45) is 21.6. The van der Waals surface area contributed by atoms with E-state index in [4.69, 9.17) is 19.9 Å². The van der Waals surface area contributed by atoms with E-state index in [9.17, 15) is 0 Å². The summed E-state index contributed by atoms with van der Waals surface area (Å²) < 4.78 is 2.52. The standard InChI is InChI=1S/C98H67N7/c1-2-17-61-103(75-27-11-5-12-28-75)97-72(24-6-1)45-53-83-81-30-14-16-33-90(81)105(98(83)97)78-51-42-69(43-52-78)66-34-36-70(37-35-66)91-84-31-13-15-32-88(84)101-96-87(91)57-56-82-80(58-60-100-94(82)96)73-46-54-85-89(63-73)102-95-86(55-44-71-26-19-59-99-93(71)95)92(85)74-25-18-29-79(62-74)104(76-47-38-67(39-48-76)64-20-7-3-8-21-64)77-49-40-68(41-50-77)65-22-9-4-10-23-65/h1-23,25-42,44-60,62-63,69H,24,43,61H2/b6-1-,17-2-. The number of pyridine rings is 4. The molecule has 2 aliphatic rings. The van der Waals surface area contributed by atoms with Crippen molar-refractivity contribution >= 4 is 121 Å². The zero-order valence-electron chi connectivity index (χ0n) is 57.5. The van der Waals surface area contributed by atoms with Gasteiger partial charge in [-0.05, 0) is 153 Å². The molecule has 7 nitrogen and oxygen atoms in total. The van der Waals surface area contributed by atoms with Gasteiger partial charge in [-0.3, -0.25) is 9.97 Å². The quantitative estimate of drug-likeness (QED) is 0.0950. The van der Waals surface area contributed by atoms with Crippen molar-refractivity contribution in [3.63, 3.8) is 0 Å². The van der Waals surface area contributed by atoms with Gasteiger partial charge in [-0.1, -0.05) is 267 Å². The number of allylic oxidation sites excluding steroid dienone is 7. The van der Waals surface area contributed by atoms with E-state index in [1.807, 2.05) is 18.5 Å². The molecule has 0 radical (unpaired) electrons. The molecule has 0 N–H and O–H groups in total. The Morgan fingerprint density at radius 2 is 0.981 bits per heavy atom. The van der Waals surface area contributed by atoms with E-state index in [0.29, 0.717) is 0 Å². The Hall–Kier alpha value is -13.6. The molecule has 1 aliphatic heterocycles. The van der Waals surface area contributed by atoms with Crippen molar-refractivity contribution in [2.75, 3.05) is 16.3 Å². The first-order valence-electron chi connectivity index (χ1n) is 36.2. The molecular formula is C98H67N7. The number of nitrogens with zero attached hydrogens (tertiary/aromatic N) is 7. The molecule has 0 bridgehead atoms. The molecule has 0 saturated heterocycles. The highest BCUT2D eigenvalue weighted by molar-refractivity contribution is 6.20. The van der Waals surface area contributed by atoms with Crippen LogP contribution in [0.5, 0.6) is 0 Å². The van der Waals surface area contributed by atoms with Crippen LogP contribution >= 0.6 is 0 Å². The van der Waals surface area contributed by atoms with Gasteiger partial charge in [-0.25, -0.2) is 9.97 Å². The van der Waals surface area contributed by atoms with Crippen LogP contribution in [-0.2, 0) is 6.42 Å². The topological polar surface area (TPSA) is 63.0 Å². The zero-order chi connectivity index (χ0) is 69.3. The fourth-order valence-corrected chi connectivity index (χ4v) is 16.5. The molecule has 105 heavy (non-hydrogen) atoms. The maximum Gasteiger partial charge on any atom is 0.0978 e. The van der Waals surface area contributed by atoms with Gasteiger partial charge < -0.3 is 14.4 Å². The fourth-order valence-electron chi connectivity index (χ4n) is 16.5. The van der Waals surface area contributed by atoms with Crippen molar-refractivity contribution in [1.82, 2.24) is 24.5 Å². The van der Waals surface area contributed by atoms with Crippen LogP contribution in [0.1, 0.15) is 23.5 Å². The third kappa shape index (κ3) is 10.7. The van der Waals surface area contributed by atoms with Crippen LogP contribution in [0.2, 0.25) is 0 Å². The van der Waals surface area contributed by atoms with Gasteiger partial charge in [-0.15, -0.1) is 0 Å². The number of rotatable bonds is 11. The molecule has 5 aromatic heterocycles. The molecule has 6 heterocycles. The Morgan fingerprint density at radius 1 is 0.381 bits per heavy atom. The highest BCUT2D eigenvalue weighted by atomic mass is 15.2. The summed E-state index contributed by atoms with van der Waals surface area (Å²) in [5, 5.41) is 8.81. The maximum atomic E-state index is 5.59. The van der Waals surface area contributed by atoms with Gasteiger partial charge in [0.15, 0.2) is 0 Å². The number of fused-ring (bicyclic) bond motifs is 13. The number of aromatic nitrogens is 5. The molecule has 1 atom stereocenters. The van der Waals surface area contributed by atoms with E-state index >= 15 is 0 Å². The minimum Gasteiger partial charge on any atom is -0.336 e. The van der Waals surface area contributed by atoms with E-state index in [1.54, 1.807) is 0 Å². The van der Waals surface area contributed by atoms with Crippen molar-refractivity contribution in [3.8, 4) is 55.6 Å². The normalized spacial score (nSPS) is 14.4. The van der Waals surface area contributed by atoms with Crippen LogP contribution in [0.25, 0.3) is 149 Å².